The predicted octanol–water partition coefficient (Wildman–Crippen LogP) is 3.89. The molecule has 0 fully saturated rings. The lowest BCUT2D eigenvalue weighted by molar-refractivity contribution is 0.565. The van der Waals surface area contributed by atoms with Crippen LogP contribution >= 0.6 is 23.2 Å². The third-order valence-corrected chi connectivity index (χ3v) is 3.32. The smallest absolute Gasteiger partial charge is 0.211 e. The molecule has 0 aliphatic rings. The zero-order valence-corrected chi connectivity index (χ0v) is 9.62. The van der Waals surface area contributed by atoms with Crippen molar-refractivity contribution in [1.29, 1.82) is 0 Å². The highest BCUT2D eigenvalue weighted by atomic mass is 35.5. The zero-order valence-electron chi connectivity index (χ0n) is 8.11. The third kappa shape index (κ3) is 1.69. The zero-order chi connectivity index (χ0) is 10.9. The average Bonchev–Trinajstić information content (AvgIpc) is 2.19. The van der Waals surface area contributed by atoms with Crippen molar-refractivity contribution in [2.75, 3.05) is 0 Å². The molecule has 0 unspecified atom stereocenters. The lowest BCUT2D eigenvalue weighted by atomic mass is 10.1. The molecular weight excluding hydrogens is 221 g/mol. The van der Waals surface area contributed by atoms with Gasteiger partial charge in [-0.3, -0.25) is 0 Å². The molecule has 0 heterocycles. The first kappa shape index (κ1) is 11.3. The Morgan fingerprint density at radius 3 is 1.79 bits per heavy atom. The van der Waals surface area contributed by atoms with Gasteiger partial charge in [-0.05, 0) is 37.5 Å². The van der Waals surface area contributed by atoms with Gasteiger partial charge in [-0.15, -0.1) is 0 Å². The molecule has 0 radical (unpaired) electrons. The third-order valence-electron chi connectivity index (χ3n) is 2.18. The normalized spacial score (nSPS) is 9.79. The molecule has 0 amide bonds. The van der Waals surface area contributed by atoms with Gasteiger partial charge in [0.1, 0.15) is 0 Å². The van der Waals surface area contributed by atoms with Crippen LogP contribution in [0.4, 0.5) is 5.69 Å². The van der Waals surface area contributed by atoms with E-state index in [1.807, 2.05) is 6.92 Å². The molecule has 0 saturated heterocycles. The van der Waals surface area contributed by atoms with Crippen LogP contribution in [-0.4, -0.2) is 6.08 Å². The van der Waals surface area contributed by atoms with Gasteiger partial charge in [0.25, 0.3) is 0 Å². The second-order valence-electron chi connectivity index (χ2n) is 3.05. The van der Waals surface area contributed by atoms with Gasteiger partial charge in [-0.1, -0.05) is 23.2 Å². The fourth-order valence-corrected chi connectivity index (χ4v) is 1.78. The summed E-state index contributed by atoms with van der Waals surface area (Å²) in [6.45, 7) is 5.43. The van der Waals surface area contributed by atoms with Crippen molar-refractivity contribution in [1.82, 2.24) is 0 Å². The van der Waals surface area contributed by atoms with E-state index in [0.717, 1.165) is 16.7 Å². The maximum Gasteiger partial charge on any atom is 0.240 e. The molecule has 0 aliphatic heterocycles. The van der Waals surface area contributed by atoms with E-state index in [-0.39, 0.29) is 0 Å². The summed E-state index contributed by atoms with van der Waals surface area (Å²) >= 11 is 12.0. The Bertz CT molecular complexity index is 405. The number of halogens is 2. The lowest BCUT2D eigenvalue weighted by Crippen LogP contribution is -1.89. The fourth-order valence-electron chi connectivity index (χ4n) is 1.36. The second kappa shape index (κ2) is 4.14. The Morgan fingerprint density at radius 2 is 1.43 bits per heavy atom. The molecule has 0 aliphatic carbocycles. The van der Waals surface area contributed by atoms with Crippen LogP contribution in [0.3, 0.4) is 0 Å². The van der Waals surface area contributed by atoms with E-state index in [9.17, 15) is 4.79 Å². The molecule has 0 bridgehead atoms. The summed E-state index contributed by atoms with van der Waals surface area (Å²) in [6, 6.07) is 0. The van der Waals surface area contributed by atoms with Crippen LogP contribution in [0.5, 0.6) is 0 Å². The van der Waals surface area contributed by atoms with Crippen LogP contribution < -0.4 is 0 Å². The summed E-state index contributed by atoms with van der Waals surface area (Å²) in [5.74, 6) is 0. The van der Waals surface area contributed by atoms with Gasteiger partial charge < -0.3 is 0 Å². The molecule has 0 spiro atoms. The van der Waals surface area contributed by atoms with Crippen molar-refractivity contribution >= 4 is 35.0 Å². The summed E-state index contributed by atoms with van der Waals surface area (Å²) in [5.41, 5.74) is 2.85. The number of nitrogens with zero attached hydrogens (tertiary/aromatic N) is 1. The molecule has 0 N–H and O–H groups in total. The van der Waals surface area contributed by atoms with Crippen molar-refractivity contribution in [2.24, 2.45) is 4.99 Å². The Hall–Kier alpha value is -0.820. The van der Waals surface area contributed by atoms with Crippen LogP contribution in [0.1, 0.15) is 16.7 Å². The highest BCUT2D eigenvalue weighted by Gasteiger charge is 2.13. The van der Waals surface area contributed by atoms with Gasteiger partial charge in [0.15, 0.2) is 0 Å². The van der Waals surface area contributed by atoms with Crippen LogP contribution in [0.15, 0.2) is 4.99 Å². The Morgan fingerprint density at radius 1 is 1.00 bits per heavy atom. The molecule has 14 heavy (non-hydrogen) atoms. The Kier molecular flexibility index (Phi) is 3.33. The molecule has 1 aromatic rings. The molecule has 0 saturated carbocycles. The van der Waals surface area contributed by atoms with Crippen molar-refractivity contribution in [3.05, 3.63) is 26.7 Å². The highest BCUT2D eigenvalue weighted by Crippen LogP contribution is 2.38. The minimum atomic E-state index is 0.514. The quantitative estimate of drug-likeness (QED) is 0.531. The van der Waals surface area contributed by atoms with Crippen molar-refractivity contribution < 1.29 is 4.79 Å². The van der Waals surface area contributed by atoms with Crippen LogP contribution in [0.25, 0.3) is 0 Å². The largest absolute Gasteiger partial charge is 0.240 e. The van der Waals surface area contributed by atoms with E-state index in [0.29, 0.717) is 15.7 Å². The molecule has 0 aromatic heterocycles. The maximum absolute atomic E-state index is 10.2. The van der Waals surface area contributed by atoms with Crippen LogP contribution in [0, 0.1) is 20.8 Å². The summed E-state index contributed by atoms with van der Waals surface area (Å²) < 4.78 is 0. The first-order valence-electron chi connectivity index (χ1n) is 4.03. The predicted molar refractivity (Wildman–Crippen MR) is 58.5 cm³/mol. The summed E-state index contributed by atoms with van der Waals surface area (Å²) in [4.78, 5) is 13.8. The number of isocyanates is 1. The Labute approximate surface area is 92.6 Å². The molecule has 4 heteroatoms. The van der Waals surface area contributed by atoms with Gasteiger partial charge >= 0.3 is 0 Å². The first-order valence-corrected chi connectivity index (χ1v) is 4.79. The highest BCUT2D eigenvalue weighted by molar-refractivity contribution is 6.37. The maximum atomic E-state index is 10.2. The van der Waals surface area contributed by atoms with E-state index in [1.165, 1.54) is 6.08 Å². The topological polar surface area (TPSA) is 29.4 Å². The van der Waals surface area contributed by atoms with Gasteiger partial charge in [-0.25, -0.2) is 4.79 Å². The summed E-state index contributed by atoms with van der Waals surface area (Å²) in [6.07, 6.45) is 1.50. The molecule has 74 valence electrons. The molecule has 1 rings (SSSR count). The first-order chi connectivity index (χ1) is 6.50. The van der Waals surface area contributed by atoms with E-state index >= 15 is 0 Å². The number of aliphatic imine (C=N–C) groups is 1. The van der Waals surface area contributed by atoms with E-state index in [1.54, 1.807) is 13.8 Å². The van der Waals surface area contributed by atoms with E-state index in [2.05, 4.69) is 4.99 Å². The van der Waals surface area contributed by atoms with Crippen molar-refractivity contribution in [2.45, 2.75) is 20.8 Å². The van der Waals surface area contributed by atoms with Gasteiger partial charge in [0.2, 0.25) is 6.08 Å². The SMILES string of the molecule is Cc1c(Cl)c(C)c(N=C=O)c(C)c1Cl. The molecule has 2 nitrogen and oxygen atoms in total. The van der Waals surface area contributed by atoms with Crippen LogP contribution in [0.2, 0.25) is 10.0 Å². The van der Waals surface area contributed by atoms with Crippen LogP contribution in [-0.2, 0) is 4.79 Å². The van der Waals surface area contributed by atoms with Gasteiger partial charge in [-0.2, -0.15) is 4.99 Å². The van der Waals surface area contributed by atoms with Gasteiger partial charge in [0, 0.05) is 0 Å². The number of hydrogen-bond acceptors (Lipinski definition) is 2. The fraction of sp³-hybridized carbons (Fsp3) is 0.300. The lowest BCUT2D eigenvalue weighted by Gasteiger charge is -2.11. The standard InChI is InChI=1S/C10H9Cl2NO/c1-5-8(11)6(2)10(13-4-14)7(3)9(5)12/h1-3H3. The van der Waals surface area contributed by atoms with Crippen molar-refractivity contribution in [3.63, 3.8) is 0 Å². The molecular formula is C10H9Cl2NO. The Balaban J connectivity index is 3.67. The minimum Gasteiger partial charge on any atom is -0.211 e. The van der Waals surface area contributed by atoms with E-state index in [4.69, 9.17) is 23.2 Å². The molecule has 0 atom stereocenters. The summed E-state index contributed by atoms with van der Waals surface area (Å²) in [5, 5.41) is 1.10. The number of hydrogen-bond donors (Lipinski definition) is 0. The number of benzene rings is 1. The number of rotatable bonds is 1. The average molecular weight is 230 g/mol. The monoisotopic (exact) mass is 229 g/mol. The van der Waals surface area contributed by atoms with Gasteiger partial charge in [0.05, 0.1) is 15.7 Å². The van der Waals surface area contributed by atoms with Crippen molar-refractivity contribution in [3.8, 4) is 0 Å². The van der Waals surface area contributed by atoms with E-state index < -0.39 is 0 Å². The molecule has 1 aromatic carbocycles. The summed E-state index contributed by atoms with van der Waals surface area (Å²) in [7, 11) is 0. The minimum absolute atomic E-state index is 0.514. The number of carbonyl (C=O) groups excluding carboxylic acids is 1. The second-order valence-corrected chi connectivity index (χ2v) is 3.81.